The van der Waals surface area contributed by atoms with Crippen molar-refractivity contribution in [3.8, 4) is 0 Å². The molecule has 1 amide bonds. The van der Waals surface area contributed by atoms with E-state index in [1.54, 1.807) is 0 Å². The van der Waals surface area contributed by atoms with Crippen molar-refractivity contribution in [2.24, 2.45) is 0 Å². The van der Waals surface area contributed by atoms with Gasteiger partial charge in [-0.05, 0) is 32.1 Å². The third-order valence-electron chi connectivity index (χ3n) is 4.75. The predicted molar refractivity (Wildman–Crippen MR) is 112 cm³/mol. The number of aliphatic hydroxyl groups is 1. The summed E-state index contributed by atoms with van der Waals surface area (Å²) >= 11 is 0. The minimum absolute atomic E-state index is 0.155. The maximum Gasteiger partial charge on any atom is 0.329 e. The summed E-state index contributed by atoms with van der Waals surface area (Å²) in [5.41, 5.74) is 0. The number of carbonyl (C=O) groups excluding carboxylic acids is 1. The Hall–Kier alpha value is -1.26. The number of rotatable bonds is 19. The molecule has 0 radical (unpaired) electrons. The molecule has 0 aromatic heterocycles. The van der Waals surface area contributed by atoms with Crippen LogP contribution in [-0.2, 0) is 14.2 Å². The Labute approximate surface area is 171 Å². The first kappa shape index (κ1) is 26.7. The molecule has 6 nitrogen and oxygen atoms in total. The van der Waals surface area contributed by atoms with E-state index in [1.807, 2.05) is 0 Å². The van der Waals surface area contributed by atoms with Crippen LogP contribution in [0.3, 0.4) is 0 Å². The van der Waals surface area contributed by atoms with E-state index >= 15 is 0 Å². The highest BCUT2D eigenvalue weighted by Gasteiger charge is 2.29. The Balaban J connectivity index is 3.61. The first-order valence-corrected chi connectivity index (χ1v) is 11.5. The van der Waals surface area contributed by atoms with Crippen molar-refractivity contribution in [3.05, 3.63) is 12.2 Å². The normalized spacial score (nSPS) is 12.5. The summed E-state index contributed by atoms with van der Waals surface area (Å²) in [6.07, 6.45) is 19.7. The number of allylic oxidation sites excluding steroid dienone is 2. The van der Waals surface area contributed by atoms with E-state index in [-0.39, 0.29) is 6.42 Å². The van der Waals surface area contributed by atoms with Crippen LogP contribution in [0.5, 0.6) is 0 Å². The maximum atomic E-state index is 12.0. The molecular formula is C21H38NO5P. The number of hydrogen-bond donors (Lipinski definition) is 2. The molecule has 0 fully saturated rings. The van der Waals surface area contributed by atoms with Gasteiger partial charge in [0.2, 0.25) is 5.91 Å². The highest BCUT2D eigenvalue weighted by atomic mass is 31.1. The molecule has 0 heterocycles. The molecule has 1 unspecified atom stereocenters. The van der Waals surface area contributed by atoms with Crippen molar-refractivity contribution in [2.45, 2.75) is 103 Å². The number of carboxylic acids is 1. The summed E-state index contributed by atoms with van der Waals surface area (Å²) < 4.78 is 11.7. The minimum Gasteiger partial charge on any atom is -0.480 e. The fourth-order valence-electron chi connectivity index (χ4n) is 3.00. The molecule has 0 aliphatic carbocycles. The van der Waals surface area contributed by atoms with Gasteiger partial charge in [-0.2, -0.15) is 0 Å². The van der Waals surface area contributed by atoms with E-state index in [0.29, 0.717) is 11.1 Å². The number of aliphatic carboxylic acids is 1. The molecule has 1 atom stereocenters. The molecule has 0 spiro atoms. The number of carboxylic acid groups (broad SMARTS) is 1. The standard InChI is InChI=1S/C21H38NO5P/c1-2-3-4-5-6-7-8-9-10-11-12-13-14-15-16-17-20(24)22(28-27)19(18-23)21(25)26/h7-8,19,23H,2-6,9-18H2,1H3,(H,25,26). The zero-order valence-corrected chi connectivity index (χ0v) is 18.2. The lowest BCUT2D eigenvalue weighted by atomic mass is 10.1. The molecule has 2 N–H and O–H groups in total. The van der Waals surface area contributed by atoms with Gasteiger partial charge in [0.1, 0.15) is 0 Å². The zero-order chi connectivity index (χ0) is 21.0. The van der Waals surface area contributed by atoms with Gasteiger partial charge in [-0.25, -0.2) is 14.0 Å². The van der Waals surface area contributed by atoms with Gasteiger partial charge in [0.05, 0.1) is 6.61 Å². The Morgan fingerprint density at radius 2 is 1.39 bits per heavy atom. The smallest absolute Gasteiger partial charge is 0.329 e. The monoisotopic (exact) mass is 415 g/mol. The second-order valence-electron chi connectivity index (χ2n) is 7.19. The van der Waals surface area contributed by atoms with Crippen molar-refractivity contribution in [2.75, 3.05) is 6.61 Å². The molecule has 7 heteroatoms. The van der Waals surface area contributed by atoms with E-state index in [0.717, 1.165) is 25.7 Å². The minimum atomic E-state index is -1.45. The Kier molecular flexibility index (Phi) is 18.2. The second kappa shape index (κ2) is 19.1. The second-order valence-corrected chi connectivity index (χ2v) is 7.79. The summed E-state index contributed by atoms with van der Waals surface area (Å²) in [5.74, 6) is -1.86. The number of hydrogen-bond acceptors (Lipinski definition) is 4. The highest BCUT2D eigenvalue weighted by molar-refractivity contribution is 7.22. The van der Waals surface area contributed by atoms with Crippen LogP contribution in [0, 0.1) is 0 Å². The van der Waals surface area contributed by atoms with Gasteiger partial charge in [0.25, 0.3) is 8.61 Å². The lowest BCUT2D eigenvalue weighted by Crippen LogP contribution is -2.41. The molecule has 0 saturated heterocycles. The summed E-state index contributed by atoms with van der Waals surface area (Å²) in [6, 6.07) is -1.45. The molecule has 0 aliphatic heterocycles. The van der Waals surface area contributed by atoms with Crippen LogP contribution in [0.1, 0.15) is 96.8 Å². The molecule has 0 rings (SSSR count). The number of aliphatic hydroxyl groups excluding tert-OH is 1. The van der Waals surface area contributed by atoms with E-state index in [2.05, 4.69) is 19.1 Å². The lowest BCUT2D eigenvalue weighted by Gasteiger charge is -2.20. The summed E-state index contributed by atoms with van der Waals surface area (Å²) in [5, 5.41) is 18.0. The average Bonchev–Trinajstić information content (AvgIpc) is 2.68. The van der Waals surface area contributed by atoms with Gasteiger partial charge in [0.15, 0.2) is 6.04 Å². The average molecular weight is 416 g/mol. The quantitative estimate of drug-likeness (QED) is 0.165. The maximum absolute atomic E-state index is 12.0. The fraction of sp³-hybridized carbons (Fsp3) is 0.810. The van der Waals surface area contributed by atoms with Crippen LogP contribution < -0.4 is 0 Å². The first-order valence-electron chi connectivity index (χ1n) is 10.7. The molecule has 0 bridgehead atoms. The van der Waals surface area contributed by atoms with E-state index < -0.39 is 33.1 Å². The van der Waals surface area contributed by atoms with Gasteiger partial charge < -0.3 is 10.2 Å². The van der Waals surface area contributed by atoms with Crippen molar-refractivity contribution in [1.29, 1.82) is 0 Å². The molecule has 0 aliphatic rings. The van der Waals surface area contributed by atoms with Crippen LogP contribution >= 0.6 is 8.61 Å². The molecule has 28 heavy (non-hydrogen) atoms. The van der Waals surface area contributed by atoms with Gasteiger partial charge in [-0.15, -0.1) is 0 Å². The number of unbranched alkanes of at least 4 members (excludes halogenated alkanes) is 11. The molecule has 0 aromatic rings. The van der Waals surface area contributed by atoms with E-state index in [4.69, 9.17) is 10.2 Å². The summed E-state index contributed by atoms with van der Waals surface area (Å²) in [4.78, 5) is 22.9. The summed E-state index contributed by atoms with van der Waals surface area (Å²) in [6.45, 7) is 1.48. The molecule has 0 aromatic carbocycles. The number of nitrogens with zero attached hydrogens (tertiary/aromatic N) is 1. The van der Waals surface area contributed by atoms with Crippen LogP contribution in [0.2, 0.25) is 0 Å². The van der Waals surface area contributed by atoms with Crippen molar-refractivity contribution in [3.63, 3.8) is 0 Å². The first-order chi connectivity index (χ1) is 13.6. The Morgan fingerprint density at radius 3 is 1.86 bits per heavy atom. The SMILES string of the molecule is CCCCCCC=CCCCCCCCCCC(=O)N(P=O)C(CO)C(=O)O. The van der Waals surface area contributed by atoms with Crippen LogP contribution in [0.15, 0.2) is 12.2 Å². The third kappa shape index (κ3) is 13.8. The van der Waals surface area contributed by atoms with Gasteiger partial charge >= 0.3 is 5.97 Å². The lowest BCUT2D eigenvalue weighted by molar-refractivity contribution is -0.147. The topological polar surface area (TPSA) is 94.9 Å². The van der Waals surface area contributed by atoms with Crippen LogP contribution in [-0.4, -0.2) is 39.4 Å². The number of amides is 1. The third-order valence-corrected chi connectivity index (χ3v) is 5.43. The zero-order valence-electron chi connectivity index (χ0n) is 17.4. The van der Waals surface area contributed by atoms with Crippen molar-refractivity contribution in [1.82, 2.24) is 4.67 Å². The predicted octanol–water partition coefficient (Wildman–Crippen LogP) is 5.50. The van der Waals surface area contributed by atoms with Crippen molar-refractivity contribution < 1.29 is 24.4 Å². The Bertz CT molecular complexity index is 456. The molecule has 162 valence electrons. The van der Waals surface area contributed by atoms with E-state index in [1.165, 1.54) is 51.4 Å². The van der Waals surface area contributed by atoms with Crippen LogP contribution in [0.4, 0.5) is 0 Å². The highest BCUT2D eigenvalue weighted by Crippen LogP contribution is 2.17. The van der Waals surface area contributed by atoms with Crippen LogP contribution in [0.25, 0.3) is 0 Å². The van der Waals surface area contributed by atoms with Gasteiger partial charge in [-0.3, -0.25) is 4.79 Å². The van der Waals surface area contributed by atoms with Crippen molar-refractivity contribution >= 4 is 20.5 Å². The molecule has 0 saturated carbocycles. The Morgan fingerprint density at radius 1 is 0.893 bits per heavy atom. The largest absolute Gasteiger partial charge is 0.480 e. The summed E-state index contributed by atoms with van der Waals surface area (Å²) in [7, 11) is -0.689. The number of carbonyl (C=O) groups is 2. The van der Waals surface area contributed by atoms with E-state index in [9.17, 15) is 14.2 Å². The fourth-order valence-corrected chi connectivity index (χ4v) is 3.47. The van der Waals surface area contributed by atoms with Gasteiger partial charge in [-0.1, -0.05) is 70.4 Å². The van der Waals surface area contributed by atoms with Gasteiger partial charge in [0, 0.05) is 6.42 Å². The molecular weight excluding hydrogens is 377 g/mol.